The van der Waals surface area contributed by atoms with E-state index in [4.69, 9.17) is 19.4 Å². The molecule has 178 valence electrons. The van der Waals surface area contributed by atoms with Gasteiger partial charge in [0.15, 0.2) is 0 Å². The minimum absolute atomic E-state index is 0.164. The molecule has 2 aliphatic rings. The number of thioether (sulfide) groups is 1. The van der Waals surface area contributed by atoms with Crippen LogP contribution in [0.25, 0.3) is 0 Å². The summed E-state index contributed by atoms with van der Waals surface area (Å²) in [7, 11) is 1.64. The van der Waals surface area contributed by atoms with Crippen LogP contribution >= 0.6 is 11.8 Å². The number of alkyl halides is 3. The van der Waals surface area contributed by atoms with Crippen LogP contribution in [0.15, 0.2) is 48.8 Å². The summed E-state index contributed by atoms with van der Waals surface area (Å²) in [6, 6.07) is 11.5. The minimum Gasteiger partial charge on any atom is -0.497 e. The first-order valence-electron chi connectivity index (χ1n) is 10.0. The third-order valence-corrected chi connectivity index (χ3v) is 6.73. The Morgan fingerprint density at radius 1 is 1.24 bits per heavy atom. The SMILES string of the molecule is COc1cccc(CC(=O)N2CC3(CC(Oc4cccnc4)CS3)C2)c1.O=C(O)C(F)(F)F. The third-order valence-electron chi connectivity index (χ3n) is 5.15. The van der Waals surface area contributed by atoms with Crippen LogP contribution in [-0.2, 0) is 16.0 Å². The van der Waals surface area contributed by atoms with Gasteiger partial charge in [0.1, 0.15) is 17.6 Å². The van der Waals surface area contributed by atoms with E-state index in [-0.39, 0.29) is 16.8 Å². The van der Waals surface area contributed by atoms with Gasteiger partial charge < -0.3 is 19.5 Å². The minimum atomic E-state index is -5.08. The molecule has 1 spiro atoms. The van der Waals surface area contributed by atoms with Gasteiger partial charge in [0.25, 0.3) is 0 Å². The van der Waals surface area contributed by atoms with E-state index in [9.17, 15) is 18.0 Å². The molecule has 2 aromatic rings. The molecule has 4 rings (SSSR count). The Morgan fingerprint density at radius 3 is 2.55 bits per heavy atom. The molecule has 0 saturated carbocycles. The molecule has 0 radical (unpaired) electrons. The average Bonchev–Trinajstić information content (AvgIpc) is 3.17. The van der Waals surface area contributed by atoms with E-state index >= 15 is 0 Å². The van der Waals surface area contributed by atoms with Crippen molar-refractivity contribution in [3.05, 3.63) is 54.4 Å². The van der Waals surface area contributed by atoms with Crippen molar-refractivity contribution in [1.82, 2.24) is 9.88 Å². The number of aliphatic carboxylic acids is 1. The predicted molar refractivity (Wildman–Crippen MR) is 115 cm³/mol. The standard InChI is InChI=1S/C20H22N2O3S.C2HF3O2/c1-24-16-5-2-4-15(8-16)9-19(23)22-13-20(14-22)10-18(12-26-20)25-17-6-3-7-21-11-17;3-2(4,5)1(6)7/h2-8,11,18H,9-10,12-14H2,1H3;(H,6,7). The van der Waals surface area contributed by atoms with Gasteiger partial charge in [-0.15, -0.1) is 11.8 Å². The third kappa shape index (κ3) is 6.77. The zero-order valence-electron chi connectivity index (χ0n) is 17.7. The lowest BCUT2D eigenvalue weighted by atomic mass is 9.92. The maximum atomic E-state index is 12.5. The number of rotatable bonds is 5. The van der Waals surface area contributed by atoms with Gasteiger partial charge in [0.2, 0.25) is 5.91 Å². The topological polar surface area (TPSA) is 89.0 Å². The van der Waals surface area contributed by atoms with Gasteiger partial charge in [0, 0.05) is 31.5 Å². The number of hydrogen-bond acceptors (Lipinski definition) is 6. The van der Waals surface area contributed by atoms with Gasteiger partial charge in [-0.25, -0.2) is 4.79 Å². The van der Waals surface area contributed by atoms with Crippen LogP contribution in [-0.4, -0.2) is 69.8 Å². The van der Waals surface area contributed by atoms with Crippen LogP contribution in [0.1, 0.15) is 12.0 Å². The van der Waals surface area contributed by atoms with Crippen molar-refractivity contribution in [3.8, 4) is 11.5 Å². The first-order valence-corrected chi connectivity index (χ1v) is 11.0. The lowest BCUT2D eigenvalue weighted by Crippen LogP contribution is -2.61. The fourth-order valence-electron chi connectivity index (χ4n) is 3.60. The molecule has 2 saturated heterocycles. The zero-order valence-corrected chi connectivity index (χ0v) is 18.6. The number of ether oxygens (including phenoxy) is 2. The Hall–Kier alpha value is -2.95. The number of pyridine rings is 1. The van der Waals surface area contributed by atoms with Crippen LogP contribution in [0, 0.1) is 0 Å². The lowest BCUT2D eigenvalue weighted by molar-refractivity contribution is -0.192. The number of amides is 1. The predicted octanol–water partition coefficient (Wildman–Crippen LogP) is 3.43. The first kappa shape index (κ1) is 24.7. The number of halogens is 3. The molecule has 11 heteroatoms. The number of aromatic nitrogens is 1. The molecule has 0 bridgehead atoms. The van der Waals surface area contributed by atoms with Crippen molar-refractivity contribution in [3.63, 3.8) is 0 Å². The highest BCUT2D eigenvalue weighted by Crippen LogP contribution is 2.46. The summed E-state index contributed by atoms with van der Waals surface area (Å²) < 4.78 is 43.1. The molecule has 1 N–H and O–H groups in total. The second-order valence-corrected chi connectivity index (χ2v) is 9.20. The van der Waals surface area contributed by atoms with Gasteiger partial charge in [-0.3, -0.25) is 9.78 Å². The highest BCUT2D eigenvalue weighted by Gasteiger charge is 2.51. The quantitative estimate of drug-likeness (QED) is 0.696. The molecular formula is C22H23F3N2O5S. The Labute approximate surface area is 192 Å². The monoisotopic (exact) mass is 484 g/mol. The van der Waals surface area contributed by atoms with Crippen molar-refractivity contribution >= 4 is 23.6 Å². The van der Waals surface area contributed by atoms with Gasteiger partial charge in [-0.05, 0) is 29.8 Å². The van der Waals surface area contributed by atoms with E-state index < -0.39 is 12.1 Å². The van der Waals surface area contributed by atoms with E-state index in [0.29, 0.717) is 6.42 Å². The summed E-state index contributed by atoms with van der Waals surface area (Å²) in [6.45, 7) is 1.63. The molecule has 3 heterocycles. The number of carbonyl (C=O) groups excluding carboxylic acids is 1. The molecule has 2 fully saturated rings. The van der Waals surface area contributed by atoms with Crippen LogP contribution in [0.3, 0.4) is 0 Å². The van der Waals surface area contributed by atoms with E-state index in [1.165, 1.54) is 0 Å². The maximum absolute atomic E-state index is 12.5. The zero-order chi connectivity index (χ0) is 24.1. The van der Waals surface area contributed by atoms with Gasteiger partial charge in [0.05, 0.1) is 24.5 Å². The number of carboxylic acids is 1. The summed E-state index contributed by atoms with van der Waals surface area (Å²) in [5, 5.41) is 7.12. The molecule has 7 nitrogen and oxygen atoms in total. The molecule has 2 aliphatic heterocycles. The number of hydrogen-bond donors (Lipinski definition) is 1. The number of nitrogens with zero attached hydrogens (tertiary/aromatic N) is 2. The van der Waals surface area contributed by atoms with E-state index in [1.54, 1.807) is 19.5 Å². The second kappa shape index (κ2) is 10.3. The van der Waals surface area contributed by atoms with Crippen LogP contribution < -0.4 is 9.47 Å². The Kier molecular flexibility index (Phi) is 7.72. The number of benzene rings is 1. The molecular weight excluding hydrogens is 461 g/mol. The van der Waals surface area contributed by atoms with Crippen LogP contribution in [0.5, 0.6) is 11.5 Å². The molecule has 1 amide bonds. The van der Waals surface area contributed by atoms with Crippen molar-refractivity contribution in [2.75, 3.05) is 26.0 Å². The molecule has 0 aliphatic carbocycles. The Morgan fingerprint density at radius 2 is 1.94 bits per heavy atom. The number of carboxylic acid groups (broad SMARTS) is 1. The molecule has 1 aromatic heterocycles. The smallest absolute Gasteiger partial charge is 0.490 e. The van der Waals surface area contributed by atoms with Gasteiger partial charge in [-0.1, -0.05) is 12.1 Å². The summed E-state index contributed by atoms with van der Waals surface area (Å²) in [5.41, 5.74) is 0.993. The van der Waals surface area contributed by atoms with Crippen molar-refractivity contribution in [1.29, 1.82) is 0 Å². The van der Waals surface area contributed by atoms with E-state index in [2.05, 4.69) is 4.98 Å². The number of carbonyl (C=O) groups is 2. The molecule has 1 aromatic carbocycles. The fraction of sp³-hybridized carbons (Fsp3) is 0.409. The summed E-state index contributed by atoms with van der Waals surface area (Å²) in [6.07, 6.45) is 0.0127. The second-order valence-electron chi connectivity index (χ2n) is 7.71. The van der Waals surface area contributed by atoms with Gasteiger partial charge >= 0.3 is 12.1 Å². The lowest BCUT2D eigenvalue weighted by Gasteiger charge is -2.47. The molecule has 1 unspecified atom stereocenters. The summed E-state index contributed by atoms with van der Waals surface area (Å²) in [5.74, 6) is -0.00143. The maximum Gasteiger partial charge on any atom is 0.490 e. The largest absolute Gasteiger partial charge is 0.497 e. The summed E-state index contributed by atoms with van der Waals surface area (Å²) >= 11 is 1.93. The van der Waals surface area contributed by atoms with E-state index in [1.807, 2.05) is 53.1 Å². The van der Waals surface area contributed by atoms with E-state index in [0.717, 1.165) is 42.3 Å². The number of methoxy groups -OCH3 is 1. The average molecular weight is 484 g/mol. The number of likely N-dealkylation sites (tertiary alicyclic amines) is 1. The molecule has 1 atom stereocenters. The Balaban J connectivity index is 0.000000383. The first-order chi connectivity index (χ1) is 15.6. The van der Waals surface area contributed by atoms with Crippen molar-refractivity contribution in [2.45, 2.75) is 29.9 Å². The normalized spacial score (nSPS) is 18.7. The highest BCUT2D eigenvalue weighted by atomic mass is 32.2. The van der Waals surface area contributed by atoms with Crippen molar-refractivity contribution in [2.24, 2.45) is 0 Å². The highest BCUT2D eigenvalue weighted by molar-refractivity contribution is 8.01. The molecule has 33 heavy (non-hydrogen) atoms. The van der Waals surface area contributed by atoms with Crippen molar-refractivity contribution < 1.29 is 37.3 Å². The van der Waals surface area contributed by atoms with Crippen LogP contribution in [0.2, 0.25) is 0 Å². The Bertz CT molecular complexity index is 968. The summed E-state index contributed by atoms with van der Waals surface area (Å²) in [4.78, 5) is 27.5. The van der Waals surface area contributed by atoms with Gasteiger partial charge in [-0.2, -0.15) is 13.2 Å². The van der Waals surface area contributed by atoms with Crippen LogP contribution in [0.4, 0.5) is 13.2 Å². The fourth-order valence-corrected chi connectivity index (χ4v) is 5.13.